The molecular formula is C10H18O5. The highest BCUT2D eigenvalue weighted by Gasteiger charge is 2.13. The summed E-state index contributed by atoms with van der Waals surface area (Å²) in [6.07, 6.45) is -0.823. The highest BCUT2D eigenvalue weighted by atomic mass is 16.7. The lowest BCUT2D eigenvalue weighted by atomic mass is 10.4. The smallest absolute Gasteiger partial charge is 0.217 e. The summed E-state index contributed by atoms with van der Waals surface area (Å²) in [4.78, 5) is 21.5. The summed E-state index contributed by atoms with van der Waals surface area (Å²) in [5.74, 6) is -0.216. The van der Waals surface area contributed by atoms with Crippen LogP contribution >= 0.6 is 0 Å². The van der Waals surface area contributed by atoms with Crippen molar-refractivity contribution in [2.24, 2.45) is 0 Å². The number of hydrogen-bond acceptors (Lipinski definition) is 5. The van der Waals surface area contributed by atoms with Crippen LogP contribution in [-0.2, 0) is 23.8 Å². The van der Waals surface area contributed by atoms with E-state index in [1.165, 1.54) is 13.8 Å². The number of carbonyl (C=O) groups excluding carboxylic acids is 2. The van der Waals surface area contributed by atoms with E-state index in [-0.39, 0.29) is 31.4 Å². The van der Waals surface area contributed by atoms with Crippen molar-refractivity contribution in [1.82, 2.24) is 0 Å². The lowest BCUT2D eigenvalue weighted by Crippen LogP contribution is -2.27. The normalized spacial score (nSPS) is 12.5. The molecule has 0 saturated carbocycles. The van der Waals surface area contributed by atoms with E-state index in [2.05, 4.69) is 0 Å². The highest BCUT2D eigenvalue weighted by molar-refractivity contribution is 5.79. The van der Waals surface area contributed by atoms with Gasteiger partial charge in [-0.05, 0) is 20.8 Å². The molecule has 0 aromatic rings. The van der Waals surface area contributed by atoms with Crippen molar-refractivity contribution in [2.75, 3.05) is 26.4 Å². The first-order valence-electron chi connectivity index (χ1n) is 4.88. The van der Waals surface area contributed by atoms with Crippen LogP contribution in [0.4, 0.5) is 0 Å². The average Bonchev–Trinajstić information content (AvgIpc) is 2.15. The molecule has 0 aliphatic heterocycles. The van der Waals surface area contributed by atoms with Crippen LogP contribution in [0, 0.1) is 0 Å². The molecule has 0 aliphatic rings. The summed E-state index contributed by atoms with van der Waals surface area (Å²) < 4.78 is 15.1. The van der Waals surface area contributed by atoms with E-state index in [0.29, 0.717) is 6.61 Å². The third-order valence-electron chi connectivity index (χ3n) is 1.45. The molecule has 0 bridgehead atoms. The molecule has 0 rings (SSSR count). The number of Topliss-reactive ketones (excluding diaryl/α,β-unsaturated/α-hetero) is 2. The fraction of sp³-hybridized carbons (Fsp3) is 0.800. The Morgan fingerprint density at radius 3 is 2.27 bits per heavy atom. The van der Waals surface area contributed by atoms with E-state index in [9.17, 15) is 9.59 Å². The molecule has 0 aliphatic carbocycles. The molecule has 0 fully saturated rings. The molecule has 5 nitrogen and oxygen atoms in total. The second-order valence-electron chi connectivity index (χ2n) is 3.02. The quantitative estimate of drug-likeness (QED) is 0.418. The molecule has 0 saturated heterocycles. The van der Waals surface area contributed by atoms with Gasteiger partial charge in [-0.3, -0.25) is 9.59 Å². The molecule has 5 heteroatoms. The Bertz CT molecular complexity index is 202. The van der Waals surface area contributed by atoms with Crippen molar-refractivity contribution in [3.05, 3.63) is 0 Å². The minimum absolute atomic E-state index is 0.0390. The molecule has 0 N–H and O–H groups in total. The molecule has 0 amide bonds. The summed E-state index contributed by atoms with van der Waals surface area (Å²) in [7, 11) is 0. The number of carbonyl (C=O) groups is 2. The van der Waals surface area contributed by atoms with Gasteiger partial charge in [0, 0.05) is 6.61 Å². The van der Waals surface area contributed by atoms with Crippen molar-refractivity contribution >= 4 is 11.6 Å². The van der Waals surface area contributed by atoms with Gasteiger partial charge in [0.2, 0.25) is 6.29 Å². The Hall–Kier alpha value is -0.780. The monoisotopic (exact) mass is 218 g/mol. The molecule has 0 aromatic carbocycles. The summed E-state index contributed by atoms with van der Waals surface area (Å²) >= 11 is 0. The van der Waals surface area contributed by atoms with E-state index in [4.69, 9.17) is 14.2 Å². The van der Waals surface area contributed by atoms with Gasteiger partial charge in [0.15, 0.2) is 11.6 Å². The second-order valence-corrected chi connectivity index (χ2v) is 3.02. The lowest BCUT2D eigenvalue weighted by molar-refractivity contribution is -0.170. The van der Waals surface area contributed by atoms with Gasteiger partial charge < -0.3 is 14.2 Å². The molecule has 88 valence electrons. The van der Waals surface area contributed by atoms with Crippen LogP contribution < -0.4 is 0 Å². The predicted octanol–water partition coefficient (Wildman–Crippen LogP) is 0.560. The van der Waals surface area contributed by atoms with E-state index in [0.717, 1.165) is 0 Å². The molecule has 0 radical (unpaired) electrons. The maximum Gasteiger partial charge on any atom is 0.217 e. The van der Waals surface area contributed by atoms with Gasteiger partial charge in [0.05, 0.1) is 13.2 Å². The van der Waals surface area contributed by atoms with E-state index in [1.54, 1.807) is 6.92 Å². The Kier molecular flexibility index (Phi) is 8.08. The van der Waals surface area contributed by atoms with Crippen molar-refractivity contribution in [2.45, 2.75) is 27.1 Å². The number of rotatable bonds is 9. The third kappa shape index (κ3) is 8.23. The summed E-state index contributed by atoms with van der Waals surface area (Å²) in [6.45, 7) is 5.62. The molecule has 0 spiro atoms. The number of ether oxygens (including phenoxy) is 3. The highest BCUT2D eigenvalue weighted by Crippen LogP contribution is 1.96. The third-order valence-corrected chi connectivity index (χ3v) is 1.45. The number of hydrogen-bond donors (Lipinski definition) is 0. The maximum atomic E-state index is 11.0. The minimum atomic E-state index is -0.823. The average molecular weight is 218 g/mol. The van der Waals surface area contributed by atoms with Crippen molar-refractivity contribution in [1.29, 1.82) is 0 Å². The standard InChI is InChI=1S/C10H18O5/c1-4-14-10(9(3)12)15-6-5-13-7-8(2)11/h10H,4-7H2,1-3H3. The largest absolute Gasteiger partial charge is 0.371 e. The second kappa shape index (κ2) is 8.52. The van der Waals surface area contributed by atoms with Gasteiger partial charge in [0.25, 0.3) is 0 Å². The van der Waals surface area contributed by atoms with Gasteiger partial charge in [-0.15, -0.1) is 0 Å². The van der Waals surface area contributed by atoms with Gasteiger partial charge in [-0.1, -0.05) is 0 Å². The van der Waals surface area contributed by atoms with Crippen LogP contribution in [0.5, 0.6) is 0 Å². The summed E-state index contributed by atoms with van der Waals surface area (Å²) in [6, 6.07) is 0. The lowest BCUT2D eigenvalue weighted by Gasteiger charge is -2.14. The van der Waals surface area contributed by atoms with E-state index in [1.807, 2.05) is 0 Å². The van der Waals surface area contributed by atoms with Crippen LogP contribution in [0.25, 0.3) is 0 Å². The SMILES string of the molecule is CCOC(OCCOCC(C)=O)C(C)=O. The first kappa shape index (κ1) is 14.2. The van der Waals surface area contributed by atoms with Gasteiger partial charge >= 0.3 is 0 Å². The van der Waals surface area contributed by atoms with Gasteiger partial charge in [-0.2, -0.15) is 0 Å². The molecule has 15 heavy (non-hydrogen) atoms. The zero-order valence-corrected chi connectivity index (χ0v) is 9.45. The van der Waals surface area contributed by atoms with Gasteiger partial charge in [-0.25, -0.2) is 0 Å². The van der Waals surface area contributed by atoms with Crippen LogP contribution in [-0.4, -0.2) is 44.3 Å². The minimum Gasteiger partial charge on any atom is -0.371 e. The van der Waals surface area contributed by atoms with E-state index >= 15 is 0 Å². The molecule has 1 unspecified atom stereocenters. The Balaban J connectivity index is 3.53. The van der Waals surface area contributed by atoms with Crippen molar-refractivity contribution in [3.8, 4) is 0 Å². The van der Waals surface area contributed by atoms with E-state index < -0.39 is 6.29 Å². The Morgan fingerprint density at radius 1 is 1.13 bits per heavy atom. The fourth-order valence-corrected chi connectivity index (χ4v) is 0.864. The number of ketones is 2. The van der Waals surface area contributed by atoms with Crippen LogP contribution in [0.1, 0.15) is 20.8 Å². The Labute approximate surface area is 89.7 Å². The van der Waals surface area contributed by atoms with Crippen molar-refractivity contribution in [3.63, 3.8) is 0 Å². The molecular weight excluding hydrogens is 200 g/mol. The van der Waals surface area contributed by atoms with Gasteiger partial charge in [0.1, 0.15) is 6.61 Å². The zero-order valence-electron chi connectivity index (χ0n) is 9.45. The molecule has 1 atom stereocenters. The van der Waals surface area contributed by atoms with Crippen LogP contribution in [0.3, 0.4) is 0 Å². The first-order valence-corrected chi connectivity index (χ1v) is 4.88. The molecule has 0 heterocycles. The topological polar surface area (TPSA) is 61.8 Å². The van der Waals surface area contributed by atoms with Crippen LogP contribution in [0.15, 0.2) is 0 Å². The first-order chi connectivity index (χ1) is 7.07. The summed E-state index contributed by atoms with van der Waals surface area (Å²) in [5.41, 5.74) is 0. The molecule has 0 aromatic heterocycles. The Morgan fingerprint density at radius 2 is 1.80 bits per heavy atom. The van der Waals surface area contributed by atoms with Crippen molar-refractivity contribution < 1.29 is 23.8 Å². The zero-order chi connectivity index (χ0) is 11.7. The summed E-state index contributed by atoms with van der Waals surface area (Å²) in [5, 5.41) is 0. The maximum absolute atomic E-state index is 11.0. The van der Waals surface area contributed by atoms with Crippen LogP contribution in [0.2, 0.25) is 0 Å². The predicted molar refractivity (Wildman–Crippen MR) is 53.5 cm³/mol. The fourth-order valence-electron chi connectivity index (χ4n) is 0.864.